The van der Waals surface area contributed by atoms with Crippen molar-refractivity contribution in [2.75, 3.05) is 30.2 Å². The number of halogens is 3. The molecule has 0 aliphatic rings. The maximum Gasteiger partial charge on any atom is 0.223 e. The molecule has 0 aliphatic carbocycles. The zero-order valence-electron chi connectivity index (χ0n) is 33.9. The summed E-state index contributed by atoms with van der Waals surface area (Å²) in [4.78, 5) is 32.4. The number of nitrogens with one attached hydrogen (secondary N) is 3. The van der Waals surface area contributed by atoms with Crippen molar-refractivity contribution < 1.29 is 42.7 Å². The van der Waals surface area contributed by atoms with Crippen LogP contribution in [-0.2, 0) is 18.0 Å². The Hall–Kier alpha value is -7.57. The molecule has 0 saturated heterocycles. The van der Waals surface area contributed by atoms with Crippen LogP contribution in [-0.4, -0.2) is 55.3 Å². The molecule has 0 unspecified atom stereocenters. The van der Waals surface area contributed by atoms with Gasteiger partial charge in [-0.1, -0.05) is 41.9 Å². The number of anilines is 5. The van der Waals surface area contributed by atoms with Crippen LogP contribution in [0.2, 0.25) is 5.02 Å². The number of methoxy groups -OCH3 is 2. The van der Waals surface area contributed by atoms with Crippen molar-refractivity contribution in [2.45, 2.75) is 27.1 Å². The Morgan fingerprint density at radius 3 is 1.86 bits per heavy atom. The van der Waals surface area contributed by atoms with Crippen LogP contribution in [0.5, 0.6) is 34.5 Å². The Kier molecular flexibility index (Phi) is 13.4. The Balaban J connectivity index is 0.000000190. The first-order valence-electron chi connectivity index (χ1n) is 18.8. The molecule has 8 aromatic rings. The van der Waals surface area contributed by atoms with Gasteiger partial charge in [-0.2, -0.15) is 0 Å². The molecule has 0 bridgehead atoms. The Morgan fingerprint density at radius 1 is 0.730 bits per heavy atom. The molecule has 0 atom stereocenters. The van der Waals surface area contributed by atoms with E-state index in [0.717, 1.165) is 11.6 Å². The third-order valence-electron chi connectivity index (χ3n) is 9.12. The van der Waals surface area contributed by atoms with Gasteiger partial charge in [-0.05, 0) is 42.3 Å². The topological polar surface area (TPSA) is 195 Å². The SMILES string of the molecule is COc1cc2c(Nc3cc(O)c(C)cc3F)ncnc2cc1OCc1csc(NC(C)=O)n1.COc1cc2c(Nc3cc(O)c(Cl)cc3F)ncnc2cc1OCc1ccccc1. The predicted octanol–water partition coefficient (Wildman–Crippen LogP) is 9.99. The van der Waals surface area contributed by atoms with Gasteiger partial charge < -0.3 is 45.1 Å². The number of aromatic hydroxyl groups is 2. The number of benzene rings is 5. The second kappa shape index (κ2) is 19.4. The zero-order valence-corrected chi connectivity index (χ0v) is 35.4. The highest BCUT2D eigenvalue weighted by Gasteiger charge is 2.17. The van der Waals surface area contributed by atoms with Gasteiger partial charge in [0, 0.05) is 47.3 Å². The lowest BCUT2D eigenvalue weighted by molar-refractivity contribution is -0.114. The van der Waals surface area contributed by atoms with Crippen molar-refractivity contribution in [3.63, 3.8) is 0 Å². The summed E-state index contributed by atoms with van der Waals surface area (Å²) < 4.78 is 51.3. The number of hydrogen-bond donors (Lipinski definition) is 5. The van der Waals surface area contributed by atoms with Crippen LogP contribution in [0.4, 0.5) is 36.9 Å². The number of aromatic nitrogens is 5. The largest absolute Gasteiger partial charge is 0.508 e. The summed E-state index contributed by atoms with van der Waals surface area (Å²) in [5.74, 6) is 0.919. The highest BCUT2D eigenvalue weighted by atomic mass is 35.5. The smallest absolute Gasteiger partial charge is 0.223 e. The first-order valence-corrected chi connectivity index (χ1v) is 20.0. The van der Waals surface area contributed by atoms with E-state index in [9.17, 15) is 23.8 Å². The number of carbonyl (C=O) groups is 1. The van der Waals surface area contributed by atoms with E-state index in [4.69, 9.17) is 30.5 Å². The van der Waals surface area contributed by atoms with Crippen LogP contribution in [0, 0.1) is 18.6 Å². The number of nitrogens with zero attached hydrogens (tertiary/aromatic N) is 5. The van der Waals surface area contributed by atoms with E-state index in [1.165, 1.54) is 63.3 Å². The molecule has 322 valence electrons. The molecule has 63 heavy (non-hydrogen) atoms. The van der Waals surface area contributed by atoms with Crippen molar-refractivity contribution in [1.82, 2.24) is 24.9 Å². The van der Waals surface area contributed by atoms with Gasteiger partial charge in [0.1, 0.15) is 60.6 Å². The summed E-state index contributed by atoms with van der Waals surface area (Å²) in [5.41, 5.74) is 3.31. The minimum Gasteiger partial charge on any atom is -0.508 e. The standard InChI is InChI=1S/C22H17ClFN3O3.C22H20FN5O4S/c1-29-20-7-14-17(10-21(20)30-11-13-5-3-2-4-6-13)25-12-26-22(14)27-18-9-19(28)15(23)8-16(18)24;1-11-4-15(23)17(6-18(11)30)28-21-14-5-19(31-3)20(7-16(14)24-10-25-21)32-8-13-9-33-22(27-13)26-12(2)29/h2-10,12,28H,11H2,1H3,(H,25,26,27);4-7,9-10,30H,8H2,1-3H3,(H,24,25,28)(H,26,27,29). The normalized spacial score (nSPS) is 10.8. The van der Waals surface area contributed by atoms with Gasteiger partial charge >= 0.3 is 0 Å². The van der Waals surface area contributed by atoms with Gasteiger partial charge in [0.15, 0.2) is 28.1 Å². The van der Waals surface area contributed by atoms with Crippen LogP contribution < -0.4 is 34.9 Å². The average Bonchev–Trinajstić information content (AvgIpc) is 3.72. The first kappa shape index (κ1) is 43.5. The summed E-state index contributed by atoms with van der Waals surface area (Å²) in [6.07, 6.45) is 2.69. The van der Waals surface area contributed by atoms with E-state index >= 15 is 0 Å². The van der Waals surface area contributed by atoms with E-state index in [1.807, 2.05) is 30.3 Å². The van der Waals surface area contributed by atoms with Gasteiger partial charge in [0.05, 0.1) is 47.3 Å². The molecule has 0 aliphatic heterocycles. The second-order valence-electron chi connectivity index (χ2n) is 13.5. The van der Waals surface area contributed by atoms with Crippen LogP contribution >= 0.6 is 22.9 Å². The van der Waals surface area contributed by atoms with Gasteiger partial charge in [-0.15, -0.1) is 11.3 Å². The van der Waals surface area contributed by atoms with E-state index in [1.54, 1.807) is 36.6 Å². The average molecular weight is 895 g/mol. The van der Waals surface area contributed by atoms with E-state index < -0.39 is 11.6 Å². The lowest BCUT2D eigenvalue weighted by Gasteiger charge is -2.14. The van der Waals surface area contributed by atoms with E-state index in [0.29, 0.717) is 79.4 Å². The summed E-state index contributed by atoms with van der Waals surface area (Å²) in [7, 11) is 3.03. The molecule has 1 amide bonds. The number of phenolic OH excluding ortho intramolecular Hbond substituents is 2. The summed E-state index contributed by atoms with van der Waals surface area (Å²) in [5, 5.41) is 31.5. The number of rotatable bonds is 13. The van der Waals surface area contributed by atoms with Gasteiger partial charge in [-0.25, -0.2) is 33.7 Å². The molecule has 8 rings (SSSR count). The fourth-order valence-corrected chi connectivity index (χ4v) is 6.88. The van der Waals surface area contributed by atoms with Crippen LogP contribution in [0.25, 0.3) is 21.8 Å². The van der Waals surface area contributed by atoms with Gasteiger partial charge in [-0.3, -0.25) is 4.79 Å². The van der Waals surface area contributed by atoms with Crippen molar-refractivity contribution in [1.29, 1.82) is 0 Å². The molecule has 0 fully saturated rings. The fourth-order valence-electron chi connectivity index (χ4n) is 5.99. The van der Waals surface area contributed by atoms with E-state index in [2.05, 4.69) is 40.9 Å². The first-order chi connectivity index (χ1) is 30.4. The van der Waals surface area contributed by atoms with Crippen molar-refractivity contribution in [2.24, 2.45) is 0 Å². The maximum absolute atomic E-state index is 14.4. The van der Waals surface area contributed by atoms with Crippen molar-refractivity contribution >= 4 is 78.8 Å². The predicted molar refractivity (Wildman–Crippen MR) is 236 cm³/mol. The van der Waals surface area contributed by atoms with Crippen LogP contribution in [0.15, 0.2) is 96.9 Å². The number of phenols is 2. The number of fused-ring (bicyclic) bond motifs is 2. The van der Waals surface area contributed by atoms with Crippen LogP contribution in [0.3, 0.4) is 0 Å². The third kappa shape index (κ3) is 10.5. The van der Waals surface area contributed by atoms with Crippen molar-refractivity contribution in [3.8, 4) is 34.5 Å². The van der Waals surface area contributed by atoms with Gasteiger partial charge in [0.2, 0.25) is 5.91 Å². The second-order valence-corrected chi connectivity index (χ2v) is 14.8. The molecular weight excluding hydrogens is 858 g/mol. The molecule has 15 nitrogen and oxygen atoms in total. The molecule has 5 N–H and O–H groups in total. The Labute approximate surface area is 367 Å². The lowest BCUT2D eigenvalue weighted by Crippen LogP contribution is -2.05. The van der Waals surface area contributed by atoms with Crippen LogP contribution in [0.1, 0.15) is 23.7 Å². The van der Waals surface area contributed by atoms with Gasteiger partial charge in [0.25, 0.3) is 0 Å². The monoisotopic (exact) mass is 894 g/mol. The molecule has 0 saturated carbocycles. The molecule has 0 spiro atoms. The summed E-state index contributed by atoms with van der Waals surface area (Å²) >= 11 is 7.04. The number of ether oxygens (including phenoxy) is 4. The third-order valence-corrected chi connectivity index (χ3v) is 10.2. The number of aryl methyl sites for hydroxylation is 1. The number of amides is 1. The highest BCUT2D eigenvalue weighted by molar-refractivity contribution is 7.13. The summed E-state index contributed by atoms with van der Waals surface area (Å²) in [6.45, 7) is 3.55. The number of thiazole rings is 1. The fraction of sp³-hybridized carbons (Fsp3) is 0.136. The minimum absolute atomic E-state index is 0.0280. The minimum atomic E-state index is -0.626. The quantitative estimate of drug-likeness (QED) is 0.0734. The number of hydrogen-bond acceptors (Lipinski definition) is 15. The van der Waals surface area contributed by atoms with Crippen molar-refractivity contribution in [3.05, 3.63) is 130 Å². The molecule has 19 heteroatoms. The summed E-state index contributed by atoms with van der Waals surface area (Å²) in [6, 6.07) is 21.3. The molecular formula is C44H37ClF2N8O7S. The van der Waals surface area contributed by atoms with E-state index in [-0.39, 0.29) is 40.4 Å². The highest BCUT2D eigenvalue weighted by Crippen LogP contribution is 2.38. The molecule has 3 aromatic heterocycles. The molecule has 0 radical (unpaired) electrons. The Morgan fingerprint density at radius 2 is 1.29 bits per heavy atom. The molecule has 5 aromatic carbocycles. The number of carbonyl (C=O) groups excluding carboxylic acids is 1. The zero-order chi connectivity index (χ0) is 44.6. The Bertz CT molecular complexity index is 2950. The molecule has 3 heterocycles. The maximum atomic E-state index is 14.4. The lowest BCUT2D eigenvalue weighted by atomic mass is 10.1.